The van der Waals surface area contributed by atoms with Gasteiger partial charge in [0.1, 0.15) is 18.0 Å². The molecule has 15 heteroatoms. The molecule has 1 aliphatic rings. The van der Waals surface area contributed by atoms with Gasteiger partial charge in [0.2, 0.25) is 5.91 Å². The van der Waals surface area contributed by atoms with Gasteiger partial charge < -0.3 is 18.9 Å². The number of halogens is 5. The van der Waals surface area contributed by atoms with Crippen molar-refractivity contribution < 1.29 is 36.8 Å². The Balaban J connectivity index is 1.77. The van der Waals surface area contributed by atoms with Gasteiger partial charge in [-0.1, -0.05) is 29.8 Å². The Kier molecular flexibility index (Phi) is 9.01. The van der Waals surface area contributed by atoms with Crippen molar-refractivity contribution >= 4 is 57.7 Å². The fourth-order valence-electron chi connectivity index (χ4n) is 3.69. The van der Waals surface area contributed by atoms with Gasteiger partial charge in [-0.2, -0.15) is 4.98 Å². The van der Waals surface area contributed by atoms with Gasteiger partial charge in [-0.05, 0) is 51.9 Å². The quantitative estimate of drug-likeness (QED) is 0.165. The Morgan fingerprint density at radius 3 is 2.53 bits per heavy atom. The van der Waals surface area contributed by atoms with Gasteiger partial charge in [-0.25, -0.2) is 0 Å². The average molecular weight is 683 g/mol. The number of fused-ring (bicyclic) bond motifs is 1. The highest BCUT2D eigenvalue weighted by Gasteiger charge is 2.36. The number of rotatable bonds is 9. The van der Waals surface area contributed by atoms with Gasteiger partial charge in [0, 0.05) is 24.7 Å². The van der Waals surface area contributed by atoms with Gasteiger partial charge in [-0.15, -0.1) is 13.2 Å². The second-order valence-electron chi connectivity index (χ2n) is 8.01. The molecule has 1 aromatic heterocycles. The molecule has 0 saturated heterocycles. The van der Waals surface area contributed by atoms with Crippen molar-refractivity contribution in [2.75, 3.05) is 31.6 Å². The lowest BCUT2D eigenvalue weighted by molar-refractivity contribution is -0.274. The number of anilines is 1. The first-order valence-electron chi connectivity index (χ1n) is 11.0. The molecule has 0 bridgehead atoms. The van der Waals surface area contributed by atoms with E-state index in [1.807, 2.05) is 0 Å². The minimum absolute atomic E-state index is 0.0148. The van der Waals surface area contributed by atoms with E-state index in [0.717, 1.165) is 17.7 Å². The van der Waals surface area contributed by atoms with Crippen LogP contribution in [0, 0.1) is 0 Å². The van der Waals surface area contributed by atoms with Crippen molar-refractivity contribution in [2.45, 2.75) is 12.9 Å². The number of imidazole rings is 1. The van der Waals surface area contributed by atoms with Crippen molar-refractivity contribution in [1.29, 1.82) is 0 Å². The Morgan fingerprint density at radius 2 is 1.84 bits per heavy atom. The minimum atomic E-state index is -4.89. The third-order valence-corrected chi connectivity index (χ3v) is 6.94. The number of ether oxygens (including phenoxy) is 2. The van der Waals surface area contributed by atoms with Crippen LogP contribution in [0.4, 0.5) is 19.0 Å². The minimum Gasteiger partial charge on any atom is -0.425 e. The predicted octanol–water partition coefficient (Wildman–Crippen LogP) is 5.65. The lowest BCUT2D eigenvalue weighted by Crippen LogP contribution is -2.40. The summed E-state index contributed by atoms with van der Waals surface area (Å²) in [5.74, 6) is -1.29. The molecule has 0 fully saturated rings. The van der Waals surface area contributed by atoms with Crippen LogP contribution in [0.3, 0.4) is 0 Å². The molecular weight excluding hydrogens is 663 g/mol. The number of likely N-dealkylation sites (N-methyl/N-ethyl adjacent to an activating group) is 1. The van der Waals surface area contributed by atoms with E-state index >= 15 is 0 Å². The number of benzene rings is 2. The molecule has 2 aromatic carbocycles. The molecule has 4 rings (SSSR count). The summed E-state index contributed by atoms with van der Waals surface area (Å²) in [7, 11) is 1.49. The molecule has 2 amide bonds. The number of amides is 2. The van der Waals surface area contributed by atoms with Crippen LogP contribution < -0.4 is 14.4 Å². The third-order valence-electron chi connectivity index (χ3n) is 5.44. The zero-order valence-corrected chi connectivity index (χ0v) is 23.6. The van der Waals surface area contributed by atoms with Crippen molar-refractivity contribution in [3.05, 3.63) is 64.8 Å². The lowest BCUT2D eigenvalue weighted by atomic mass is 10.2. The largest absolute Gasteiger partial charge is 0.573 e. The highest BCUT2D eigenvalue weighted by molar-refractivity contribution is 14.2. The van der Waals surface area contributed by atoms with Crippen LogP contribution in [-0.2, 0) is 15.9 Å². The van der Waals surface area contributed by atoms with Crippen molar-refractivity contribution in [3.63, 3.8) is 0 Å². The molecule has 0 N–H and O–H groups in total. The van der Waals surface area contributed by atoms with E-state index in [-0.39, 0.29) is 61.9 Å². The molecule has 2 heterocycles. The number of carbonyl (C=O) groups excluding carboxylic acids is 2. The summed E-state index contributed by atoms with van der Waals surface area (Å²) in [4.78, 5) is 33.6. The van der Waals surface area contributed by atoms with E-state index in [1.165, 1.54) is 33.5 Å². The molecule has 1 unspecified atom stereocenters. The van der Waals surface area contributed by atoms with Crippen LogP contribution in [0.15, 0.2) is 48.5 Å². The predicted molar refractivity (Wildman–Crippen MR) is 144 cm³/mol. The average Bonchev–Trinajstić information content (AvgIpc) is 3.16. The van der Waals surface area contributed by atoms with E-state index in [2.05, 4.69) is 31.8 Å². The molecule has 0 radical (unpaired) electrons. The SMILES string of the molecule is CN1C(=O)CN(CCOPI)C(=O)c2c1nc(Oc1cccc(OC(F)(F)F)c1)n2Cc1ccc(Cl)cc1. The fourth-order valence-corrected chi connectivity index (χ4v) is 4.64. The molecular formula is C23H20ClF3IN4O5P. The Morgan fingerprint density at radius 1 is 1.13 bits per heavy atom. The lowest BCUT2D eigenvalue weighted by Gasteiger charge is -2.21. The molecule has 38 heavy (non-hydrogen) atoms. The second-order valence-corrected chi connectivity index (χ2v) is 10.2. The summed E-state index contributed by atoms with van der Waals surface area (Å²) in [5, 5.41) is 0.514. The van der Waals surface area contributed by atoms with Crippen molar-refractivity contribution in [1.82, 2.24) is 14.5 Å². The van der Waals surface area contributed by atoms with Gasteiger partial charge in [-0.3, -0.25) is 19.1 Å². The summed E-state index contributed by atoms with van der Waals surface area (Å²) in [6.07, 6.45) is -4.89. The Bertz CT molecular complexity index is 1330. The molecule has 0 aliphatic carbocycles. The molecule has 202 valence electrons. The Hall–Kier alpha value is -2.61. The summed E-state index contributed by atoms with van der Waals surface area (Å²) in [6, 6.07) is 11.7. The standard InChI is InChI=1S/C23H20ClF3IN4O5P/c1-30-18(33)13-31(9-10-35-38-28)21(34)19-20(30)29-22(32(19)12-14-5-7-15(24)8-6-14)36-16-3-2-4-17(11-16)37-23(25,26)27/h2-8,11,38H,9-10,12-13H2,1H3. The molecule has 3 aromatic rings. The molecule has 1 atom stereocenters. The third kappa shape index (κ3) is 6.87. The molecule has 0 saturated carbocycles. The highest BCUT2D eigenvalue weighted by atomic mass is 127. The number of hydrogen-bond donors (Lipinski definition) is 0. The number of hydrogen-bond acceptors (Lipinski definition) is 6. The van der Waals surface area contributed by atoms with E-state index in [9.17, 15) is 22.8 Å². The smallest absolute Gasteiger partial charge is 0.425 e. The molecule has 0 spiro atoms. The van der Waals surface area contributed by atoms with Crippen LogP contribution in [-0.4, -0.2) is 59.4 Å². The van der Waals surface area contributed by atoms with Crippen LogP contribution in [0.25, 0.3) is 0 Å². The molecule has 9 nitrogen and oxygen atoms in total. The van der Waals surface area contributed by atoms with Gasteiger partial charge in [0.15, 0.2) is 11.5 Å². The van der Waals surface area contributed by atoms with Crippen LogP contribution >= 0.6 is 40.1 Å². The first-order chi connectivity index (χ1) is 18.1. The van der Waals surface area contributed by atoms with E-state index in [4.69, 9.17) is 20.9 Å². The van der Waals surface area contributed by atoms with Gasteiger partial charge >= 0.3 is 12.4 Å². The van der Waals surface area contributed by atoms with Crippen molar-refractivity contribution in [3.8, 4) is 17.5 Å². The fraction of sp³-hybridized carbons (Fsp3) is 0.261. The normalized spacial score (nSPS) is 14.3. The maximum Gasteiger partial charge on any atom is 0.573 e. The molecule has 1 aliphatic heterocycles. The first kappa shape index (κ1) is 28.4. The number of alkyl halides is 3. The summed E-state index contributed by atoms with van der Waals surface area (Å²) >= 11 is 8.08. The monoisotopic (exact) mass is 682 g/mol. The maximum atomic E-state index is 13.7. The van der Waals surface area contributed by atoms with E-state index < -0.39 is 18.0 Å². The first-order valence-corrected chi connectivity index (χ1v) is 15.4. The van der Waals surface area contributed by atoms with Gasteiger partial charge in [0.05, 0.1) is 19.6 Å². The number of nitrogens with zero attached hydrogens (tertiary/aromatic N) is 4. The number of aromatic nitrogens is 2. The summed E-state index contributed by atoms with van der Waals surface area (Å²) in [6.45, 7) is 0.524. The summed E-state index contributed by atoms with van der Waals surface area (Å²) < 4.78 is 54.9. The van der Waals surface area contributed by atoms with E-state index in [0.29, 0.717) is 5.02 Å². The topological polar surface area (TPSA) is 86.1 Å². The second kappa shape index (κ2) is 12.1. The number of carbonyl (C=O) groups is 2. The van der Waals surface area contributed by atoms with Gasteiger partial charge in [0.25, 0.3) is 5.91 Å². The highest BCUT2D eigenvalue weighted by Crippen LogP contribution is 2.34. The van der Waals surface area contributed by atoms with Crippen LogP contribution in [0.1, 0.15) is 16.1 Å². The zero-order chi connectivity index (χ0) is 27.4. The van der Waals surface area contributed by atoms with Crippen LogP contribution in [0.2, 0.25) is 5.02 Å². The van der Waals surface area contributed by atoms with Crippen LogP contribution in [0.5, 0.6) is 17.5 Å². The van der Waals surface area contributed by atoms with Crippen molar-refractivity contribution in [2.24, 2.45) is 0 Å². The maximum absolute atomic E-state index is 13.7. The summed E-state index contributed by atoms with van der Waals surface area (Å²) in [5.41, 5.74) is 0.823. The zero-order valence-electron chi connectivity index (χ0n) is 19.7. The Labute approximate surface area is 235 Å². The van der Waals surface area contributed by atoms with E-state index in [1.54, 1.807) is 24.3 Å².